The molecule has 2 aliphatic rings. The first kappa shape index (κ1) is 17.3. The molecule has 1 aliphatic carbocycles. The fourth-order valence-corrected chi connectivity index (χ4v) is 4.74. The second-order valence-electron chi connectivity index (χ2n) is 6.31. The van der Waals surface area contributed by atoms with E-state index in [4.69, 9.17) is 9.47 Å². The minimum atomic E-state index is -0.0290. The SMILES string of the molecule is COc1ccc(OC)c(C2SCCN2C(=O)NC2CCCCC2)c1. The first-order valence-corrected chi connectivity index (χ1v) is 9.68. The minimum absolute atomic E-state index is 0.0290. The lowest BCUT2D eigenvalue weighted by Crippen LogP contribution is -2.45. The molecule has 1 atom stereocenters. The lowest BCUT2D eigenvalue weighted by molar-refractivity contribution is 0.191. The highest BCUT2D eigenvalue weighted by Gasteiger charge is 2.33. The Labute approximate surface area is 148 Å². The fourth-order valence-electron chi connectivity index (χ4n) is 3.47. The summed E-state index contributed by atoms with van der Waals surface area (Å²) in [7, 11) is 3.32. The molecular weight excluding hydrogens is 324 g/mol. The fraction of sp³-hybridized carbons (Fsp3) is 0.611. The number of nitrogens with one attached hydrogen (secondary N) is 1. The maximum Gasteiger partial charge on any atom is 0.318 e. The molecule has 0 aromatic heterocycles. The van der Waals surface area contributed by atoms with Gasteiger partial charge in [0.25, 0.3) is 0 Å². The van der Waals surface area contributed by atoms with Crippen molar-refractivity contribution in [3.8, 4) is 11.5 Å². The van der Waals surface area contributed by atoms with Crippen LogP contribution >= 0.6 is 11.8 Å². The van der Waals surface area contributed by atoms with Gasteiger partial charge in [0, 0.05) is 23.9 Å². The molecule has 1 N–H and O–H groups in total. The van der Waals surface area contributed by atoms with Gasteiger partial charge < -0.3 is 19.7 Å². The van der Waals surface area contributed by atoms with Crippen LogP contribution in [-0.2, 0) is 0 Å². The molecule has 0 radical (unpaired) electrons. The van der Waals surface area contributed by atoms with Crippen LogP contribution in [0, 0.1) is 0 Å². The Morgan fingerprint density at radius 3 is 2.71 bits per heavy atom. The van der Waals surface area contributed by atoms with Crippen molar-refractivity contribution in [1.82, 2.24) is 10.2 Å². The quantitative estimate of drug-likeness (QED) is 0.897. The third kappa shape index (κ3) is 3.74. The number of thioether (sulfide) groups is 1. The average Bonchev–Trinajstić information content (AvgIpc) is 3.11. The summed E-state index contributed by atoms with van der Waals surface area (Å²) in [6, 6.07) is 6.13. The molecule has 1 saturated heterocycles. The van der Waals surface area contributed by atoms with Gasteiger partial charge in [-0.05, 0) is 31.0 Å². The van der Waals surface area contributed by atoms with Crippen molar-refractivity contribution in [2.45, 2.75) is 43.5 Å². The zero-order chi connectivity index (χ0) is 16.9. The van der Waals surface area contributed by atoms with E-state index < -0.39 is 0 Å². The van der Waals surface area contributed by atoms with Crippen molar-refractivity contribution < 1.29 is 14.3 Å². The number of benzene rings is 1. The standard InChI is InChI=1S/C18H26N2O3S/c1-22-14-8-9-16(23-2)15(12-14)17-20(10-11-24-17)18(21)19-13-6-4-3-5-7-13/h8-9,12-13,17H,3-7,10-11H2,1-2H3,(H,19,21). The molecule has 24 heavy (non-hydrogen) atoms. The Bertz CT molecular complexity index is 575. The molecule has 2 amide bonds. The largest absolute Gasteiger partial charge is 0.497 e. The zero-order valence-electron chi connectivity index (χ0n) is 14.4. The number of amides is 2. The van der Waals surface area contributed by atoms with E-state index in [1.165, 1.54) is 19.3 Å². The summed E-state index contributed by atoms with van der Waals surface area (Å²) >= 11 is 1.77. The Balaban J connectivity index is 1.76. The van der Waals surface area contributed by atoms with Gasteiger partial charge in [0.1, 0.15) is 16.9 Å². The molecule has 1 aliphatic heterocycles. The molecule has 5 nitrogen and oxygen atoms in total. The van der Waals surface area contributed by atoms with Crippen molar-refractivity contribution in [2.24, 2.45) is 0 Å². The van der Waals surface area contributed by atoms with Crippen LogP contribution in [0.5, 0.6) is 11.5 Å². The van der Waals surface area contributed by atoms with Gasteiger partial charge in [-0.1, -0.05) is 19.3 Å². The molecule has 2 fully saturated rings. The number of hydrogen-bond acceptors (Lipinski definition) is 4. The number of ether oxygens (including phenoxy) is 2. The van der Waals surface area contributed by atoms with Crippen LogP contribution in [0.1, 0.15) is 43.0 Å². The number of carbonyl (C=O) groups excluding carboxylic acids is 1. The molecule has 1 saturated carbocycles. The summed E-state index contributed by atoms with van der Waals surface area (Å²) in [5.41, 5.74) is 0.998. The van der Waals surface area contributed by atoms with Gasteiger partial charge in [0.2, 0.25) is 0 Å². The van der Waals surface area contributed by atoms with Crippen LogP contribution in [-0.4, -0.2) is 43.5 Å². The number of methoxy groups -OCH3 is 2. The third-order valence-electron chi connectivity index (χ3n) is 4.79. The summed E-state index contributed by atoms with van der Waals surface area (Å²) in [5, 5.41) is 3.20. The van der Waals surface area contributed by atoms with E-state index in [0.717, 1.165) is 42.2 Å². The first-order valence-electron chi connectivity index (χ1n) is 8.63. The molecular formula is C18H26N2O3S. The first-order chi connectivity index (χ1) is 11.7. The van der Waals surface area contributed by atoms with E-state index in [1.807, 2.05) is 23.1 Å². The van der Waals surface area contributed by atoms with E-state index in [1.54, 1.807) is 26.0 Å². The normalized spacial score (nSPS) is 21.6. The van der Waals surface area contributed by atoms with Crippen LogP contribution in [0.25, 0.3) is 0 Å². The van der Waals surface area contributed by atoms with Gasteiger partial charge in [0.05, 0.1) is 14.2 Å². The highest BCUT2D eigenvalue weighted by Crippen LogP contribution is 2.43. The van der Waals surface area contributed by atoms with Crippen molar-refractivity contribution in [1.29, 1.82) is 0 Å². The summed E-state index contributed by atoms with van der Waals surface area (Å²) in [6.07, 6.45) is 5.91. The second-order valence-corrected chi connectivity index (χ2v) is 7.50. The molecule has 6 heteroatoms. The summed E-state index contributed by atoms with van der Waals surface area (Å²) < 4.78 is 10.9. The highest BCUT2D eigenvalue weighted by molar-refractivity contribution is 7.99. The summed E-state index contributed by atoms with van der Waals surface area (Å²) in [6.45, 7) is 0.758. The molecule has 1 heterocycles. The Morgan fingerprint density at radius 2 is 2.00 bits per heavy atom. The lowest BCUT2D eigenvalue weighted by Gasteiger charge is -2.29. The molecule has 1 aromatic carbocycles. The van der Waals surface area contributed by atoms with Crippen molar-refractivity contribution in [3.05, 3.63) is 23.8 Å². The van der Waals surface area contributed by atoms with Gasteiger partial charge in [-0.3, -0.25) is 0 Å². The number of nitrogens with zero attached hydrogens (tertiary/aromatic N) is 1. The molecule has 0 spiro atoms. The van der Waals surface area contributed by atoms with Crippen LogP contribution in [0.4, 0.5) is 4.79 Å². The molecule has 1 unspecified atom stereocenters. The van der Waals surface area contributed by atoms with E-state index >= 15 is 0 Å². The zero-order valence-corrected chi connectivity index (χ0v) is 15.2. The van der Waals surface area contributed by atoms with Crippen LogP contribution in [0.15, 0.2) is 18.2 Å². The molecule has 132 valence electrons. The lowest BCUT2D eigenvalue weighted by atomic mass is 9.96. The van der Waals surface area contributed by atoms with Crippen molar-refractivity contribution in [3.63, 3.8) is 0 Å². The number of urea groups is 1. The smallest absolute Gasteiger partial charge is 0.318 e. The van der Waals surface area contributed by atoms with E-state index in [0.29, 0.717) is 6.04 Å². The van der Waals surface area contributed by atoms with Crippen LogP contribution < -0.4 is 14.8 Å². The van der Waals surface area contributed by atoms with Crippen LogP contribution in [0.3, 0.4) is 0 Å². The van der Waals surface area contributed by atoms with E-state index in [2.05, 4.69) is 5.32 Å². The second kappa shape index (κ2) is 8.01. The average molecular weight is 350 g/mol. The Morgan fingerprint density at radius 1 is 1.21 bits per heavy atom. The van der Waals surface area contributed by atoms with Gasteiger partial charge >= 0.3 is 6.03 Å². The summed E-state index contributed by atoms with van der Waals surface area (Å²) in [4.78, 5) is 14.7. The maximum atomic E-state index is 12.8. The monoisotopic (exact) mass is 350 g/mol. The van der Waals surface area contributed by atoms with Gasteiger partial charge in [-0.25, -0.2) is 4.79 Å². The number of hydrogen-bond donors (Lipinski definition) is 1. The molecule has 1 aromatic rings. The van der Waals surface area contributed by atoms with Crippen molar-refractivity contribution >= 4 is 17.8 Å². The molecule has 0 bridgehead atoms. The van der Waals surface area contributed by atoms with E-state index in [9.17, 15) is 4.79 Å². The van der Waals surface area contributed by atoms with Gasteiger partial charge in [-0.15, -0.1) is 11.8 Å². The van der Waals surface area contributed by atoms with Crippen molar-refractivity contribution in [2.75, 3.05) is 26.5 Å². The summed E-state index contributed by atoms with van der Waals surface area (Å²) in [5.74, 6) is 2.51. The number of rotatable bonds is 4. The Kier molecular flexibility index (Phi) is 5.76. The molecule has 3 rings (SSSR count). The predicted octanol–water partition coefficient (Wildman–Crippen LogP) is 3.79. The topological polar surface area (TPSA) is 50.8 Å². The third-order valence-corrected chi connectivity index (χ3v) is 6.03. The highest BCUT2D eigenvalue weighted by atomic mass is 32.2. The van der Waals surface area contributed by atoms with E-state index in [-0.39, 0.29) is 11.4 Å². The van der Waals surface area contributed by atoms with Crippen LogP contribution in [0.2, 0.25) is 0 Å². The minimum Gasteiger partial charge on any atom is -0.497 e. The predicted molar refractivity (Wildman–Crippen MR) is 96.9 cm³/mol. The van der Waals surface area contributed by atoms with Gasteiger partial charge in [-0.2, -0.15) is 0 Å². The van der Waals surface area contributed by atoms with Gasteiger partial charge in [0.15, 0.2) is 0 Å². The maximum absolute atomic E-state index is 12.8. The Hall–Kier alpha value is -1.56. The number of carbonyl (C=O) groups is 1.